The highest BCUT2D eigenvalue weighted by Gasteiger charge is 2.18. The van der Waals surface area contributed by atoms with E-state index in [9.17, 15) is 5.11 Å². The number of hydrogen-bond donors (Lipinski definition) is 2. The van der Waals surface area contributed by atoms with E-state index in [1.165, 1.54) is 0 Å². The maximum atomic E-state index is 9.49. The van der Waals surface area contributed by atoms with Gasteiger partial charge in [-0.25, -0.2) is 0 Å². The first-order chi connectivity index (χ1) is 5.34. The van der Waals surface area contributed by atoms with Crippen molar-refractivity contribution in [2.24, 2.45) is 4.99 Å². The van der Waals surface area contributed by atoms with Gasteiger partial charge < -0.3 is 10.4 Å². The van der Waals surface area contributed by atoms with E-state index in [2.05, 4.69) is 16.9 Å². The summed E-state index contributed by atoms with van der Waals surface area (Å²) in [6.07, 6.45) is 4.81. The minimum Gasteiger partial charge on any atom is -0.391 e. The van der Waals surface area contributed by atoms with Crippen LogP contribution in [0, 0.1) is 0 Å². The Morgan fingerprint density at radius 3 is 3.27 bits per heavy atom. The van der Waals surface area contributed by atoms with Crippen molar-refractivity contribution < 1.29 is 5.11 Å². The summed E-state index contributed by atoms with van der Waals surface area (Å²) in [5, 5.41) is 12.5. The van der Waals surface area contributed by atoms with Gasteiger partial charge in [-0.1, -0.05) is 6.08 Å². The molecular formula is C8H14N2O. The molecule has 0 amide bonds. The molecule has 0 aromatic rings. The highest BCUT2D eigenvalue weighted by molar-refractivity contribution is 5.57. The molecule has 0 bridgehead atoms. The quantitative estimate of drug-likeness (QED) is 0.572. The molecule has 2 N–H and O–H groups in total. The molecule has 3 heteroatoms. The second kappa shape index (κ2) is 4.13. The molecule has 0 aromatic heterocycles. The Morgan fingerprint density at radius 2 is 2.73 bits per heavy atom. The lowest BCUT2D eigenvalue weighted by Gasteiger charge is -2.16. The van der Waals surface area contributed by atoms with Crippen LogP contribution in [0.4, 0.5) is 0 Å². The zero-order valence-corrected chi connectivity index (χ0v) is 6.53. The molecule has 2 unspecified atom stereocenters. The van der Waals surface area contributed by atoms with Crippen molar-refractivity contribution in [3.8, 4) is 0 Å². The Balaban J connectivity index is 2.18. The van der Waals surface area contributed by atoms with Crippen LogP contribution in [0.15, 0.2) is 17.6 Å². The molecule has 1 aliphatic heterocycles. The summed E-state index contributed by atoms with van der Waals surface area (Å²) < 4.78 is 0. The van der Waals surface area contributed by atoms with Crippen LogP contribution in [0.3, 0.4) is 0 Å². The van der Waals surface area contributed by atoms with Crippen LogP contribution in [-0.2, 0) is 0 Å². The summed E-state index contributed by atoms with van der Waals surface area (Å²) in [7, 11) is 0. The standard InChI is InChI=1S/C8H14N2O/c1-2-3-4-8(11)7-5-9-6-10-7/h2,6-8,11H,1,3-5H2,(H,9,10). The first-order valence-electron chi connectivity index (χ1n) is 3.88. The monoisotopic (exact) mass is 154 g/mol. The molecule has 1 aliphatic rings. The first-order valence-corrected chi connectivity index (χ1v) is 3.88. The first kappa shape index (κ1) is 8.27. The van der Waals surface area contributed by atoms with E-state index in [1.54, 1.807) is 6.34 Å². The molecule has 0 spiro atoms. The predicted molar refractivity (Wildman–Crippen MR) is 45.7 cm³/mol. The van der Waals surface area contributed by atoms with Crippen LogP contribution in [0.25, 0.3) is 0 Å². The topological polar surface area (TPSA) is 44.6 Å². The Morgan fingerprint density at radius 1 is 1.91 bits per heavy atom. The molecule has 0 fully saturated rings. The van der Waals surface area contributed by atoms with Crippen LogP contribution >= 0.6 is 0 Å². The van der Waals surface area contributed by atoms with Gasteiger partial charge >= 0.3 is 0 Å². The Hall–Kier alpha value is -0.830. The van der Waals surface area contributed by atoms with Gasteiger partial charge in [0.05, 0.1) is 25.0 Å². The molecule has 62 valence electrons. The Kier molecular flexibility index (Phi) is 3.11. The van der Waals surface area contributed by atoms with E-state index < -0.39 is 0 Å². The van der Waals surface area contributed by atoms with Gasteiger partial charge in [0.2, 0.25) is 0 Å². The van der Waals surface area contributed by atoms with E-state index in [-0.39, 0.29) is 12.1 Å². The number of allylic oxidation sites excluding steroid dienone is 1. The molecule has 2 atom stereocenters. The normalized spacial score (nSPS) is 24.6. The number of rotatable bonds is 4. The number of nitrogens with one attached hydrogen (secondary N) is 1. The van der Waals surface area contributed by atoms with E-state index in [0.717, 1.165) is 12.8 Å². The maximum absolute atomic E-state index is 9.49. The van der Waals surface area contributed by atoms with E-state index in [1.807, 2.05) is 6.08 Å². The van der Waals surface area contributed by atoms with Crippen molar-refractivity contribution in [3.63, 3.8) is 0 Å². The van der Waals surface area contributed by atoms with E-state index in [0.29, 0.717) is 6.54 Å². The molecule has 1 rings (SSSR count). The van der Waals surface area contributed by atoms with Gasteiger partial charge in [0.25, 0.3) is 0 Å². The number of aliphatic hydroxyl groups is 1. The summed E-state index contributed by atoms with van der Waals surface area (Å²) in [4.78, 5) is 3.97. The van der Waals surface area contributed by atoms with E-state index >= 15 is 0 Å². The van der Waals surface area contributed by atoms with Crippen LogP contribution in [0.5, 0.6) is 0 Å². The molecule has 1 heterocycles. The van der Waals surface area contributed by atoms with Crippen molar-refractivity contribution in [1.29, 1.82) is 0 Å². The SMILES string of the molecule is C=CCCC(O)C1CN=CN1. The second-order valence-electron chi connectivity index (χ2n) is 2.70. The molecule has 0 aliphatic carbocycles. The van der Waals surface area contributed by atoms with Gasteiger partial charge in [-0.2, -0.15) is 0 Å². The van der Waals surface area contributed by atoms with Gasteiger partial charge in [-0.05, 0) is 12.8 Å². The molecule has 0 radical (unpaired) electrons. The van der Waals surface area contributed by atoms with Gasteiger partial charge in [0, 0.05) is 0 Å². The zero-order valence-electron chi connectivity index (χ0n) is 6.53. The van der Waals surface area contributed by atoms with E-state index in [4.69, 9.17) is 0 Å². The number of hydrogen-bond acceptors (Lipinski definition) is 3. The van der Waals surface area contributed by atoms with Crippen LogP contribution in [-0.4, -0.2) is 30.1 Å². The van der Waals surface area contributed by atoms with Crippen molar-refractivity contribution in [3.05, 3.63) is 12.7 Å². The van der Waals surface area contributed by atoms with Gasteiger partial charge in [0.1, 0.15) is 0 Å². The fourth-order valence-corrected chi connectivity index (χ4v) is 1.09. The predicted octanol–water partition coefficient (Wildman–Crippen LogP) is 0.314. The minimum atomic E-state index is -0.296. The van der Waals surface area contributed by atoms with Crippen LogP contribution in [0.1, 0.15) is 12.8 Å². The highest BCUT2D eigenvalue weighted by Crippen LogP contribution is 2.05. The second-order valence-corrected chi connectivity index (χ2v) is 2.70. The van der Waals surface area contributed by atoms with Crippen molar-refractivity contribution >= 4 is 6.34 Å². The molecule has 0 saturated carbocycles. The third-order valence-electron chi connectivity index (χ3n) is 1.81. The Labute approximate surface area is 66.8 Å². The third-order valence-corrected chi connectivity index (χ3v) is 1.81. The molecule has 3 nitrogen and oxygen atoms in total. The maximum Gasteiger partial charge on any atom is 0.0828 e. The lowest BCUT2D eigenvalue weighted by molar-refractivity contribution is 0.134. The largest absolute Gasteiger partial charge is 0.391 e. The smallest absolute Gasteiger partial charge is 0.0828 e. The summed E-state index contributed by atoms with van der Waals surface area (Å²) >= 11 is 0. The van der Waals surface area contributed by atoms with Gasteiger partial charge in [0.15, 0.2) is 0 Å². The number of aliphatic hydroxyl groups excluding tert-OH is 1. The highest BCUT2D eigenvalue weighted by atomic mass is 16.3. The van der Waals surface area contributed by atoms with Crippen molar-refractivity contribution in [2.45, 2.75) is 25.0 Å². The molecule has 11 heavy (non-hydrogen) atoms. The van der Waals surface area contributed by atoms with Crippen molar-refractivity contribution in [1.82, 2.24) is 5.32 Å². The summed E-state index contributed by atoms with van der Waals surface area (Å²) in [5.74, 6) is 0. The van der Waals surface area contributed by atoms with Gasteiger partial charge in [-0.3, -0.25) is 4.99 Å². The van der Waals surface area contributed by atoms with Gasteiger partial charge in [-0.15, -0.1) is 6.58 Å². The fourth-order valence-electron chi connectivity index (χ4n) is 1.09. The molecular weight excluding hydrogens is 140 g/mol. The average Bonchev–Trinajstić information content (AvgIpc) is 2.52. The minimum absolute atomic E-state index is 0.120. The lowest BCUT2D eigenvalue weighted by atomic mass is 10.1. The average molecular weight is 154 g/mol. The summed E-state index contributed by atoms with van der Waals surface area (Å²) in [6.45, 7) is 4.29. The van der Waals surface area contributed by atoms with Crippen LogP contribution in [0.2, 0.25) is 0 Å². The lowest BCUT2D eigenvalue weighted by Crippen LogP contribution is -2.37. The molecule has 0 aromatic carbocycles. The van der Waals surface area contributed by atoms with Crippen LogP contribution < -0.4 is 5.32 Å². The van der Waals surface area contributed by atoms with Crippen molar-refractivity contribution in [2.75, 3.05) is 6.54 Å². The molecule has 0 saturated heterocycles. The number of aliphatic imine (C=N–C) groups is 1. The zero-order chi connectivity index (χ0) is 8.10. The third kappa shape index (κ3) is 2.35. The fraction of sp³-hybridized carbons (Fsp3) is 0.625. The number of nitrogens with zero attached hydrogens (tertiary/aromatic N) is 1. The summed E-state index contributed by atoms with van der Waals surface area (Å²) in [6, 6.07) is 0.120. The Bertz CT molecular complexity index is 148. The summed E-state index contributed by atoms with van der Waals surface area (Å²) in [5.41, 5.74) is 0.